The number of hydrogen-bond acceptors (Lipinski definition) is 1. The zero-order valence-corrected chi connectivity index (χ0v) is 12.4. The van der Waals surface area contributed by atoms with Crippen LogP contribution in [0.1, 0.15) is 31.2 Å². The summed E-state index contributed by atoms with van der Waals surface area (Å²) in [5.74, 6) is -0.222. The number of nitrogens with one attached hydrogen (secondary N) is 1. The molecule has 0 atom stereocenters. The first-order chi connectivity index (χ1) is 9.12. The van der Waals surface area contributed by atoms with E-state index in [2.05, 4.69) is 21.2 Å². The molecule has 19 heavy (non-hydrogen) atoms. The highest BCUT2D eigenvalue weighted by Gasteiger charge is 2.45. The van der Waals surface area contributed by atoms with E-state index in [1.165, 1.54) is 37.8 Å². The molecule has 2 fully saturated rings. The van der Waals surface area contributed by atoms with Gasteiger partial charge >= 0.3 is 0 Å². The van der Waals surface area contributed by atoms with E-state index in [0.717, 1.165) is 13.1 Å². The average molecular weight is 330 g/mol. The van der Waals surface area contributed by atoms with Gasteiger partial charge in [0.15, 0.2) is 0 Å². The Bertz CT molecular complexity index is 479. The van der Waals surface area contributed by atoms with Crippen molar-refractivity contribution < 1.29 is 8.78 Å². The van der Waals surface area contributed by atoms with E-state index in [1.807, 2.05) is 0 Å². The minimum Gasteiger partial charge on any atom is -0.315 e. The van der Waals surface area contributed by atoms with Crippen LogP contribution in [-0.2, 0) is 6.42 Å². The second-order valence-electron chi connectivity index (χ2n) is 5.95. The van der Waals surface area contributed by atoms with Gasteiger partial charge in [-0.3, -0.25) is 0 Å². The van der Waals surface area contributed by atoms with Crippen LogP contribution in [0.15, 0.2) is 16.6 Å². The highest BCUT2D eigenvalue weighted by Crippen LogP contribution is 2.45. The van der Waals surface area contributed by atoms with E-state index in [4.69, 9.17) is 0 Å². The Morgan fingerprint density at radius 1 is 1.21 bits per heavy atom. The summed E-state index contributed by atoms with van der Waals surface area (Å²) in [4.78, 5) is 0. The molecule has 0 unspecified atom stereocenters. The van der Waals surface area contributed by atoms with Crippen molar-refractivity contribution in [2.45, 2.75) is 32.1 Å². The van der Waals surface area contributed by atoms with Crippen LogP contribution in [0.3, 0.4) is 0 Å². The fourth-order valence-electron chi connectivity index (χ4n) is 3.63. The number of benzene rings is 1. The number of hydrogen-bond donors (Lipinski definition) is 1. The summed E-state index contributed by atoms with van der Waals surface area (Å²) in [6.07, 6.45) is 5.45. The van der Waals surface area contributed by atoms with Gasteiger partial charge in [0.05, 0.1) is 4.47 Å². The summed E-state index contributed by atoms with van der Waals surface area (Å²) >= 11 is 3.15. The molecule has 0 aromatic heterocycles. The van der Waals surface area contributed by atoms with Crippen LogP contribution in [-0.4, -0.2) is 13.1 Å². The van der Waals surface area contributed by atoms with Gasteiger partial charge in [0.2, 0.25) is 0 Å². The van der Waals surface area contributed by atoms with Gasteiger partial charge in [0.25, 0.3) is 0 Å². The van der Waals surface area contributed by atoms with E-state index in [0.29, 0.717) is 16.8 Å². The van der Waals surface area contributed by atoms with Crippen molar-refractivity contribution in [3.63, 3.8) is 0 Å². The van der Waals surface area contributed by atoms with E-state index in [1.54, 1.807) is 0 Å². The third kappa shape index (κ3) is 2.33. The van der Waals surface area contributed by atoms with E-state index >= 15 is 0 Å². The molecule has 1 N–H and O–H groups in total. The lowest BCUT2D eigenvalue weighted by atomic mass is 9.66. The molecule has 0 radical (unpaired) electrons. The molecule has 1 heterocycles. The molecule has 1 aromatic carbocycles. The Kier molecular flexibility index (Phi) is 3.65. The minimum absolute atomic E-state index is 0.0684. The van der Waals surface area contributed by atoms with Crippen LogP contribution in [0, 0.1) is 23.0 Å². The van der Waals surface area contributed by atoms with E-state index in [9.17, 15) is 8.78 Å². The molecule has 0 amide bonds. The van der Waals surface area contributed by atoms with Crippen LogP contribution in [0.4, 0.5) is 8.78 Å². The van der Waals surface area contributed by atoms with Crippen LogP contribution in [0.25, 0.3) is 0 Å². The zero-order chi connectivity index (χ0) is 13.5. The third-order valence-corrected chi connectivity index (χ3v) is 5.46. The molecule has 3 rings (SSSR count). The first-order valence-corrected chi connectivity index (χ1v) is 7.75. The summed E-state index contributed by atoms with van der Waals surface area (Å²) < 4.78 is 28.4. The predicted octanol–water partition coefficient (Wildman–Crippen LogP) is 4.05. The summed E-state index contributed by atoms with van der Waals surface area (Å²) in [6.45, 7) is 1.78. The molecular weight excluding hydrogens is 312 g/mol. The van der Waals surface area contributed by atoms with E-state index < -0.39 is 11.6 Å². The number of halogens is 3. The molecule has 1 aromatic rings. The maximum Gasteiger partial charge on any atom is 0.143 e. The Morgan fingerprint density at radius 3 is 2.47 bits per heavy atom. The lowest BCUT2D eigenvalue weighted by molar-refractivity contribution is 0.0789. The molecule has 1 saturated carbocycles. The van der Waals surface area contributed by atoms with Gasteiger partial charge in [0.1, 0.15) is 11.6 Å². The summed E-state index contributed by atoms with van der Waals surface area (Å²) in [6, 6.07) is 2.80. The number of rotatable bonds is 3. The van der Waals surface area contributed by atoms with Crippen molar-refractivity contribution >= 4 is 15.9 Å². The molecule has 2 aliphatic rings. The van der Waals surface area contributed by atoms with Crippen molar-refractivity contribution in [1.29, 1.82) is 0 Å². The second-order valence-corrected chi connectivity index (χ2v) is 6.80. The second kappa shape index (κ2) is 5.13. The smallest absolute Gasteiger partial charge is 0.143 e. The maximum atomic E-state index is 14.1. The standard InChI is InChI=1S/C15H18BrF2N/c16-12-5-6-13(17)11(14(12)18)7-15(8-19-9-15)10-3-1-2-4-10/h5-6,10,19H,1-4,7-9H2. The van der Waals surface area contributed by atoms with Crippen LogP contribution >= 0.6 is 15.9 Å². The molecule has 4 heteroatoms. The lowest BCUT2D eigenvalue weighted by Crippen LogP contribution is -2.58. The minimum atomic E-state index is -0.427. The molecule has 1 nitrogen and oxygen atoms in total. The molecule has 1 aliphatic heterocycles. The van der Waals surface area contributed by atoms with Gasteiger partial charge in [-0.2, -0.15) is 0 Å². The van der Waals surface area contributed by atoms with Crippen molar-refractivity contribution in [1.82, 2.24) is 5.32 Å². The van der Waals surface area contributed by atoms with Crippen molar-refractivity contribution in [2.75, 3.05) is 13.1 Å². The average Bonchev–Trinajstić information content (AvgIpc) is 2.86. The first-order valence-electron chi connectivity index (χ1n) is 6.95. The van der Waals surface area contributed by atoms with Gasteiger partial charge in [-0.05, 0) is 53.2 Å². The Balaban J connectivity index is 1.89. The molecule has 104 valence electrons. The molecule has 0 bridgehead atoms. The maximum absolute atomic E-state index is 14.1. The quantitative estimate of drug-likeness (QED) is 0.825. The molecule has 0 spiro atoms. The zero-order valence-electron chi connectivity index (χ0n) is 10.8. The monoisotopic (exact) mass is 329 g/mol. The van der Waals surface area contributed by atoms with Crippen LogP contribution in [0.5, 0.6) is 0 Å². The Morgan fingerprint density at radius 2 is 1.89 bits per heavy atom. The van der Waals surface area contributed by atoms with Gasteiger partial charge in [-0.15, -0.1) is 0 Å². The molecule has 1 aliphatic carbocycles. The van der Waals surface area contributed by atoms with Crippen molar-refractivity contribution in [3.05, 3.63) is 33.8 Å². The van der Waals surface area contributed by atoms with Crippen molar-refractivity contribution in [2.24, 2.45) is 11.3 Å². The van der Waals surface area contributed by atoms with Gasteiger partial charge < -0.3 is 5.32 Å². The van der Waals surface area contributed by atoms with Gasteiger partial charge in [-0.25, -0.2) is 8.78 Å². The lowest BCUT2D eigenvalue weighted by Gasteiger charge is -2.48. The van der Waals surface area contributed by atoms with Crippen molar-refractivity contribution in [3.8, 4) is 0 Å². The fourth-order valence-corrected chi connectivity index (χ4v) is 4.00. The van der Waals surface area contributed by atoms with Gasteiger partial charge in [-0.1, -0.05) is 12.8 Å². The van der Waals surface area contributed by atoms with E-state index in [-0.39, 0.29) is 11.0 Å². The third-order valence-electron chi connectivity index (χ3n) is 4.84. The predicted molar refractivity (Wildman–Crippen MR) is 75.0 cm³/mol. The largest absolute Gasteiger partial charge is 0.315 e. The highest BCUT2D eigenvalue weighted by atomic mass is 79.9. The molecule has 1 saturated heterocycles. The SMILES string of the molecule is Fc1ccc(Br)c(F)c1CC1(C2CCCC2)CNC1. The topological polar surface area (TPSA) is 12.0 Å². The summed E-state index contributed by atoms with van der Waals surface area (Å²) in [5, 5.41) is 3.30. The fraction of sp³-hybridized carbons (Fsp3) is 0.600. The molecular formula is C15H18BrF2N. The van der Waals surface area contributed by atoms with Crippen LogP contribution in [0.2, 0.25) is 0 Å². The Labute approximate surface area is 120 Å². The first kappa shape index (κ1) is 13.5. The normalized spacial score (nSPS) is 22.5. The highest BCUT2D eigenvalue weighted by molar-refractivity contribution is 9.10. The van der Waals surface area contributed by atoms with Crippen LogP contribution < -0.4 is 5.32 Å². The van der Waals surface area contributed by atoms with Gasteiger partial charge in [0, 0.05) is 24.1 Å². The summed E-state index contributed by atoms with van der Waals surface area (Å²) in [7, 11) is 0. The summed E-state index contributed by atoms with van der Waals surface area (Å²) in [5.41, 5.74) is 0.321. The Hall–Kier alpha value is -0.480.